The summed E-state index contributed by atoms with van der Waals surface area (Å²) in [6.45, 7) is 0. The van der Waals surface area contributed by atoms with E-state index in [0.29, 0.717) is 0 Å². The molecule has 0 aliphatic heterocycles. The van der Waals surface area contributed by atoms with Crippen molar-refractivity contribution in [1.82, 2.24) is 0 Å². The van der Waals surface area contributed by atoms with Crippen LogP contribution in [0.2, 0.25) is 0 Å². The molecule has 0 aromatic carbocycles. The number of hydrogen-bond donors (Lipinski definition) is 0. The molecule has 0 spiro atoms. The summed E-state index contributed by atoms with van der Waals surface area (Å²) in [5, 5.41) is 0. The summed E-state index contributed by atoms with van der Waals surface area (Å²) in [6, 6.07) is 0. The van der Waals surface area contributed by atoms with Gasteiger partial charge >= 0.3 is 1.43 Å². The zero-order valence-corrected chi connectivity index (χ0v) is 4.23. The minimum atomic E-state index is 0. The van der Waals surface area contributed by atoms with E-state index in [1.54, 1.807) is 0 Å². The first-order chi connectivity index (χ1) is 0. The van der Waals surface area contributed by atoms with Gasteiger partial charge in [-0.25, -0.2) is 0 Å². The Labute approximate surface area is 50.5 Å². The van der Waals surface area contributed by atoms with Crippen LogP contribution >= 0.6 is 0 Å². The fourth-order valence-corrected chi connectivity index (χ4v) is 0. The van der Waals surface area contributed by atoms with Crippen molar-refractivity contribution in [3.63, 3.8) is 0 Å². The Kier molecular flexibility index (Phi) is 65200. The quantitative estimate of drug-likeness (QED) is 0.319. The topological polar surface area (TPSA) is 120 Å². The minimum Gasteiger partial charge on any atom is -1.00 e. The van der Waals surface area contributed by atoms with Gasteiger partial charge in [0, 0.05) is 21.7 Å². The second-order valence-corrected chi connectivity index (χ2v) is 0. The molecule has 4 N–H and O–H groups in total. The molecule has 0 aliphatic carbocycles. The molecule has 4 nitrogen and oxygen atoms in total. The number of halogens is 1. The smallest absolute Gasteiger partial charge is 1.00 e. The second kappa shape index (κ2) is 470. The third kappa shape index (κ3) is 232. The summed E-state index contributed by atoms with van der Waals surface area (Å²) < 4.78 is 0. The largest absolute Gasteiger partial charge is 1.00 e. The van der Waals surface area contributed by atoms with Gasteiger partial charge in [-0.3, -0.25) is 0 Å². The molecule has 44 valence electrons. The van der Waals surface area contributed by atoms with E-state index < -0.39 is 0 Å². The van der Waals surface area contributed by atoms with Crippen molar-refractivity contribution in [3.05, 3.63) is 0 Å². The van der Waals surface area contributed by atoms with Crippen LogP contribution < -0.4 is 4.70 Å². The number of rotatable bonds is 0. The van der Waals surface area contributed by atoms with Gasteiger partial charge in [0.2, 0.25) is 0 Å². The first kappa shape index (κ1) is 832. The molecule has 6 heavy (non-hydrogen) atoms. The van der Waals surface area contributed by atoms with Crippen molar-refractivity contribution in [2.24, 2.45) is 0 Å². The van der Waals surface area contributed by atoms with Gasteiger partial charge in [-0.05, 0) is 0 Å². The van der Waals surface area contributed by atoms with Crippen LogP contribution in [0, 0.1) is 0 Å². The van der Waals surface area contributed by atoms with E-state index in [-0.39, 0.29) is 49.8 Å². The number of hydrogen-bond acceptors (Lipinski definition) is 4. The average molecular weight is 136 g/mol. The van der Waals surface area contributed by atoms with Crippen molar-refractivity contribution in [3.8, 4) is 0 Å². The van der Waals surface area contributed by atoms with Gasteiger partial charge in [0.1, 0.15) is 0 Å². The molecular weight excluding hydrogens is 131 g/mol. The zero-order chi connectivity index (χ0) is 0. The molecular formula is H5FO4Ti-4. The van der Waals surface area contributed by atoms with Gasteiger partial charge in [0.25, 0.3) is 0 Å². The van der Waals surface area contributed by atoms with Crippen LogP contribution in [-0.4, -0.2) is 21.9 Å². The maximum absolute atomic E-state index is 0. The second-order valence-electron chi connectivity index (χ2n) is 0. The summed E-state index contributed by atoms with van der Waals surface area (Å²) in [5.41, 5.74) is 0. The molecule has 0 atom stereocenters. The van der Waals surface area contributed by atoms with E-state index in [2.05, 4.69) is 0 Å². The average Bonchev–Trinajstić information content (AvgIpc) is 0. The molecule has 0 unspecified atom stereocenters. The summed E-state index contributed by atoms with van der Waals surface area (Å²) in [7, 11) is 0. The van der Waals surface area contributed by atoms with Gasteiger partial charge in [0.15, 0.2) is 0 Å². The Morgan fingerprint density at radius 3 is 0.667 bits per heavy atom. The molecule has 0 fully saturated rings. The molecule has 0 amide bonds. The Morgan fingerprint density at radius 1 is 0.667 bits per heavy atom. The zero-order valence-electron chi connectivity index (χ0n) is 3.67. The molecule has 0 radical (unpaired) electrons. The van der Waals surface area contributed by atoms with Crippen LogP contribution in [0.25, 0.3) is 0 Å². The van der Waals surface area contributed by atoms with Crippen molar-refractivity contribution in [1.29, 1.82) is 0 Å². The van der Waals surface area contributed by atoms with Gasteiger partial charge in [-0.15, -0.1) is 0 Å². The summed E-state index contributed by atoms with van der Waals surface area (Å²) in [4.78, 5) is 0. The van der Waals surface area contributed by atoms with E-state index in [4.69, 9.17) is 0 Å². The Balaban J connectivity index is 0. The van der Waals surface area contributed by atoms with E-state index >= 15 is 0 Å². The molecule has 0 heterocycles. The Hall–Kier alpha value is 0.484. The van der Waals surface area contributed by atoms with Crippen LogP contribution in [0.1, 0.15) is 1.43 Å². The first-order valence-corrected chi connectivity index (χ1v) is 0. The van der Waals surface area contributed by atoms with E-state index in [1.165, 1.54) is 0 Å². The third-order valence-electron chi connectivity index (χ3n) is 0. The SMILES string of the molecule is [F-].[H+].[OH-].[OH-].[OH-].[OH-].[Ti]. The van der Waals surface area contributed by atoms with Crippen molar-refractivity contribution < 1.29 is 49.8 Å². The summed E-state index contributed by atoms with van der Waals surface area (Å²) in [5.74, 6) is 0. The predicted octanol–water partition coefficient (Wildman–Crippen LogP) is -3.59. The molecule has 0 aromatic heterocycles. The van der Waals surface area contributed by atoms with Gasteiger partial charge in [0.05, 0.1) is 0 Å². The maximum Gasteiger partial charge on any atom is 1.00 e. The summed E-state index contributed by atoms with van der Waals surface area (Å²) >= 11 is 0. The van der Waals surface area contributed by atoms with Gasteiger partial charge < -0.3 is 26.6 Å². The van der Waals surface area contributed by atoms with Crippen LogP contribution in [-0.2, 0) is 21.7 Å². The van der Waals surface area contributed by atoms with Crippen LogP contribution in [0.5, 0.6) is 0 Å². The van der Waals surface area contributed by atoms with E-state index in [1.807, 2.05) is 0 Å². The minimum absolute atomic E-state index is 0. The summed E-state index contributed by atoms with van der Waals surface area (Å²) in [6.07, 6.45) is 0. The maximum atomic E-state index is 0. The molecule has 0 aliphatic rings. The molecule has 0 saturated carbocycles. The third-order valence-corrected chi connectivity index (χ3v) is 0. The van der Waals surface area contributed by atoms with Crippen molar-refractivity contribution >= 4 is 0 Å². The van der Waals surface area contributed by atoms with Crippen molar-refractivity contribution in [2.45, 2.75) is 0 Å². The Bertz CT molecular complexity index is 11.7. The molecule has 0 rings (SSSR count). The normalized spacial score (nSPS) is 0. The van der Waals surface area contributed by atoms with Crippen molar-refractivity contribution in [2.75, 3.05) is 0 Å². The fraction of sp³-hybridized carbons (Fsp3) is 0. The van der Waals surface area contributed by atoms with Crippen LogP contribution in [0.15, 0.2) is 0 Å². The molecule has 0 saturated heterocycles. The van der Waals surface area contributed by atoms with Crippen LogP contribution in [0.3, 0.4) is 0 Å². The van der Waals surface area contributed by atoms with E-state index in [0.717, 1.165) is 0 Å². The monoisotopic (exact) mass is 136 g/mol. The molecule has 0 bridgehead atoms. The first-order valence-electron chi connectivity index (χ1n) is 0. The van der Waals surface area contributed by atoms with Gasteiger partial charge in [-0.2, -0.15) is 0 Å². The standard InChI is InChI=1S/FH.4H2O.Ti/h1H;4*1H2;/p-4. The van der Waals surface area contributed by atoms with Gasteiger partial charge in [-0.1, -0.05) is 0 Å². The predicted molar refractivity (Wildman–Crippen MR) is 8.86 cm³/mol. The molecule has 0 aromatic rings. The Morgan fingerprint density at radius 2 is 0.667 bits per heavy atom. The molecule has 6 heteroatoms. The van der Waals surface area contributed by atoms with E-state index in [9.17, 15) is 0 Å². The van der Waals surface area contributed by atoms with Crippen LogP contribution in [0.4, 0.5) is 0 Å². The fourth-order valence-electron chi connectivity index (χ4n) is 0.